The number of carbonyl (C=O) groups is 1. The maximum Gasteiger partial charge on any atom is 0.266 e. The van der Waals surface area contributed by atoms with E-state index in [0.29, 0.717) is 40.3 Å². The molecule has 28 heavy (non-hydrogen) atoms. The van der Waals surface area contributed by atoms with Gasteiger partial charge in [0.2, 0.25) is 0 Å². The molecule has 0 saturated carbocycles. The number of anilines is 1. The van der Waals surface area contributed by atoms with Crippen LogP contribution in [0.2, 0.25) is 5.02 Å². The Morgan fingerprint density at radius 2 is 2.00 bits per heavy atom. The van der Waals surface area contributed by atoms with Gasteiger partial charge in [-0.25, -0.2) is 0 Å². The molecule has 0 aliphatic heterocycles. The summed E-state index contributed by atoms with van der Waals surface area (Å²) < 4.78 is 11.1. The van der Waals surface area contributed by atoms with Crippen LogP contribution in [0.15, 0.2) is 42.0 Å². The topological polar surface area (TPSA) is 71.3 Å². The van der Waals surface area contributed by atoms with Crippen molar-refractivity contribution in [3.05, 3.63) is 58.1 Å². The molecule has 0 aliphatic rings. The quantitative estimate of drug-likeness (QED) is 0.511. The van der Waals surface area contributed by atoms with Crippen molar-refractivity contribution in [3.63, 3.8) is 0 Å². The van der Waals surface area contributed by atoms with Crippen molar-refractivity contribution < 1.29 is 14.3 Å². The monoisotopic (exact) mass is 398 g/mol. The van der Waals surface area contributed by atoms with Gasteiger partial charge >= 0.3 is 0 Å². The minimum Gasteiger partial charge on any atom is -0.493 e. The SMILES string of the molecule is COc1cc(/C=C(\C#N)C(=O)Nc2cc(Cl)ccc2C)ccc1OCC(C)C. The molecule has 0 unspecified atom stereocenters. The lowest BCUT2D eigenvalue weighted by Gasteiger charge is -2.13. The lowest BCUT2D eigenvalue weighted by atomic mass is 10.1. The molecule has 0 fully saturated rings. The summed E-state index contributed by atoms with van der Waals surface area (Å²) in [5.41, 5.74) is 2.04. The summed E-state index contributed by atoms with van der Waals surface area (Å²) in [7, 11) is 1.55. The fourth-order valence-corrected chi connectivity index (χ4v) is 2.56. The third-order valence-electron chi connectivity index (χ3n) is 3.88. The van der Waals surface area contributed by atoms with Crippen LogP contribution in [0.1, 0.15) is 25.0 Å². The van der Waals surface area contributed by atoms with E-state index >= 15 is 0 Å². The first kappa shape index (κ1) is 21.3. The van der Waals surface area contributed by atoms with E-state index in [1.54, 1.807) is 43.5 Å². The number of aryl methyl sites for hydroxylation is 1. The minimum atomic E-state index is -0.507. The average molecular weight is 399 g/mol. The summed E-state index contributed by atoms with van der Waals surface area (Å²) in [6.07, 6.45) is 1.50. The molecule has 0 heterocycles. The van der Waals surface area contributed by atoms with E-state index in [0.717, 1.165) is 5.56 Å². The van der Waals surface area contributed by atoms with Gasteiger partial charge in [-0.2, -0.15) is 5.26 Å². The van der Waals surface area contributed by atoms with Gasteiger partial charge in [0.1, 0.15) is 11.6 Å². The number of nitriles is 1. The molecular weight excluding hydrogens is 376 g/mol. The normalized spacial score (nSPS) is 11.1. The first-order chi connectivity index (χ1) is 13.3. The highest BCUT2D eigenvalue weighted by Crippen LogP contribution is 2.29. The van der Waals surface area contributed by atoms with Crippen molar-refractivity contribution >= 4 is 29.3 Å². The zero-order chi connectivity index (χ0) is 20.7. The Bertz CT molecular complexity index is 930. The smallest absolute Gasteiger partial charge is 0.266 e. The molecule has 0 bridgehead atoms. The number of hydrogen-bond acceptors (Lipinski definition) is 4. The zero-order valence-electron chi connectivity index (χ0n) is 16.4. The standard InChI is InChI=1S/C22H23ClN2O3/c1-14(2)13-28-20-8-6-16(10-21(20)27-4)9-17(12-24)22(26)25-19-11-18(23)7-5-15(19)3/h5-11,14H,13H2,1-4H3,(H,25,26)/b17-9+. The molecule has 2 rings (SSSR count). The lowest BCUT2D eigenvalue weighted by Crippen LogP contribution is -2.14. The van der Waals surface area contributed by atoms with Crippen molar-refractivity contribution in [3.8, 4) is 17.6 Å². The lowest BCUT2D eigenvalue weighted by molar-refractivity contribution is -0.112. The molecule has 0 spiro atoms. The molecule has 2 aromatic rings. The van der Waals surface area contributed by atoms with Gasteiger partial charge in [-0.3, -0.25) is 4.79 Å². The number of nitrogens with zero attached hydrogens (tertiary/aromatic N) is 1. The summed E-state index contributed by atoms with van der Waals surface area (Å²) in [5, 5.41) is 12.7. The van der Waals surface area contributed by atoms with Gasteiger partial charge in [0.05, 0.1) is 13.7 Å². The number of rotatable bonds is 7. The first-order valence-corrected chi connectivity index (χ1v) is 9.22. The fraction of sp³-hybridized carbons (Fsp3) is 0.273. The minimum absolute atomic E-state index is 0.0303. The van der Waals surface area contributed by atoms with E-state index in [9.17, 15) is 10.1 Å². The third kappa shape index (κ3) is 5.77. The number of halogens is 1. The predicted octanol–water partition coefficient (Wildman–Crippen LogP) is 5.24. The van der Waals surface area contributed by atoms with Crippen LogP contribution in [0.4, 0.5) is 5.69 Å². The number of hydrogen-bond donors (Lipinski definition) is 1. The Hall–Kier alpha value is -2.97. The molecule has 6 heteroatoms. The van der Waals surface area contributed by atoms with Gasteiger partial charge < -0.3 is 14.8 Å². The van der Waals surface area contributed by atoms with Crippen molar-refractivity contribution in [1.82, 2.24) is 0 Å². The van der Waals surface area contributed by atoms with Gasteiger partial charge in [0.25, 0.3) is 5.91 Å². The Kier molecular flexibility index (Phi) is 7.48. The Morgan fingerprint density at radius 3 is 2.64 bits per heavy atom. The van der Waals surface area contributed by atoms with Crippen molar-refractivity contribution in [2.45, 2.75) is 20.8 Å². The van der Waals surface area contributed by atoms with E-state index in [1.165, 1.54) is 6.08 Å². The number of ether oxygens (including phenoxy) is 2. The highest BCUT2D eigenvalue weighted by Gasteiger charge is 2.13. The van der Waals surface area contributed by atoms with Crippen molar-refractivity contribution in [2.75, 3.05) is 19.0 Å². The van der Waals surface area contributed by atoms with Crippen molar-refractivity contribution in [1.29, 1.82) is 5.26 Å². The van der Waals surface area contributed by atoms with Crippen LogP contribution < -0.4 is 14.8 Å². The van der Waals surface area contributed by atoms with Crippen molar-refractivity contribution in [2.24, 2.45) is 5.92 Å². The number of carbonyl (C=O) groups excluding carboxylic acids is 1. The molecule has 0 aliphatic carbocycles. The molecule has 0 radical (unpaired) electrons. The molecule has 0 aromatic heterocycles. The second-order valence-corrected chi connectivity index (χ2v) is 7.13. The molecule has 1 amide bonds. The van der Waals surface area contributed by atoms with Crippen LogP contribution in [0.3, 0.4) is 0 Å². The van der Waals surface area contributed by atoms with E-state index in [4.69, 9.17) is 21.1 Å². The summed E-state index contributed by atoms with van der Waals surface area (Å²) in [4.78, 5) is 12.5. The maximum atomic E-state index is 12.5. The third-order valence-corrected chi connectivity index (χ3v) is 4.12. The first-order valence-electron chi connectivity index (χ1n) is 8.84. The van der Waals surface area contributed by atoms with E-state index in [1.807, 2.05) is 13.0 Å². The van der Waals surface area contributed by atoms with Crippen LogP contribution in [-0.2, 0) is 4.79 Å². The van der Waals surface area contributed by atoms with Crippen LogP contribution in [0.5, 0.6) is 11.5 Å². The maximum absolute atomic E-state index is 12.5. The second kappa shape index (κ2) is 9.82. The number of amides is 1. The van der Waals surface area contributed by atoms with Crippen LogP contribution in [-0.4, -0.2) is 19.6 Å². The van der Waals surface area contributed by atoms with Gasteiger partial charge in [0, 0.05) is 10.7 Å². The Balaban J connectivity index is 2.24. The Morgan fingerprint density at radius 1 is 1.25 bits per heavy atom. The highest BCUT2D eigenvalue weighted by atomic mass is 35.5. The predicted molar refractivity (Wildman–Crippen MR) is 112 cm³/mol. The van der Waals surface area contributed by atoms with E-state index in [2.05, 4.69) is 19.2 Å². The number of methoxy groups -OCH3 is 1. The van der Waals surface area contributed by atoms with Crippen LogP contribution in [0.25, 0.3) is 6.08 Å². The molecule has 1 N–H and O–H groups in total. The fourth-order valence-electron chi connectivity index (χ4n) is 2.38. The number of nitrogens with one attached hydrogen (secondary N) is 1. The van der Waals surface area contributed by atoms with Crippen LogP contribution >= 0.6 is 11.6 Å². The summed E-state index contributed by atoms with van der Waals surface area (Å²) in [6.45, 7) is 6.53. The molecule has 5 nitrogen and oxygen atoms in total. The molecule has 0 saturated heterocycles. The highest BCUT2D eigenvalue weighted by molar-refractivity contribution is 6.31. The van der Waals surface area contributed by atoms with Gasteiger partial charge in [0.15, 0.2) is 11.5 Å². The van der Waals surface area contributed by atoms with Gasteiger partial charge in [-0.15, -0.1) is 0 Å². The molecular formula is C22H23ClN2O3. The molecule has 146 valence electrons. The summed E-state index contributed by atoms with van der Waals surface area (Å²) in [5.74, 6) is 1.03. The largest absolute Gasteiger partial charge is 0.493 e. The van der Waals surface area contributed by atoms with Gasteiger partial charge in [-0.05, 0) is 54.3 Å². The summed E-state index contributed by atoms with van der Waals surface area (Å²) in [6, 6.07) is 12.4. The van der Waals surface area contributed by atoms with E-state index in [-0.39, 0.29) is 5.57 Å². The molecule has 2 aromatic carbocycles. The Labute approximate surface area is 170 Å². The van der Waals surface area contributed by atoms with Crippen LogP contribution in [0, 0.1) is 24.2 Å². The van der Waals surface area contributed by atoms with E-state index < -0.39 is 5.91 Å². The average Bonchev–Trinajstić information content (AvgIpc) is 2.67. The van der Waals surface area contributed by atoms with Gasteiger partial charge in [-0.1, -0.05) is 37.6 Å². The second-order valence-electron chi connectivity index (χ2n) is 6.70. The number of benzene rings is 2. The summed E-state index contributed by atoms with van der Waals surface area (Å²) >= 11 is 5.98. The zero-order valence-corrected chi connectivity index (χ0v) is 17.1. The molecule has 0 atom stereocenters.